The number of aliphatic hydroxyl groups excluding tert-OH is 1. The standard InChI is InChI=1S/C13H14FNO3/c1-8-5-10(15-18-8)7-17-11-3-4-12(9(2)16)13(14)6-11/h3-6,9,16H,7H2,1-2H3. The van der Waals surface area contributed by atoms with Crippen LogP contribution >= 0.6 is 0 Å². The van der Waals surface area contributed by atoms with E-state index in [1.807, 2.05) is 0 Å². The molecule has 2 rings (SSSR count). The molecule has 0 saturated carbocycles. The normalized spacial score (nSPS) is 12.4. The SMILES string of the molecule is Cc1cc(COc2ccc(C(C)O)c(F)c2)no1. The minimum Gasteiger partial charge on any atom is -0.487 e. The van der Waals surface area contributed by atoms with Crippen LogP contribution in [0.3, 0.4) is 0 Å². The molecule has 0 saturated heterocycles. The van der Waals surface area contributed by atoms with Crippen LogP contribution in [0.15, 0.2) is 28.8 Å². The third-order valence-electron chi connectivity index (χ3n) is 2.49. The number of hydrogen-bond donors (Lipinski definition) is 1. The van der Waals surface area contributed by atoms with E-state index in [-0.39, 0.29) is 12.2 Å². The molecular formula is C13H14FNO3. The molecule has 1 N–H and O–H groups in total. The van der Waals surface area contributed by atoms with Gasteiger partial charge in [-0.15, -0.1) is 0 Å². The lowest BCUT2D eigenvalue weighted by atomic mass is 10.1. The topological polar surface area (TPSA) is 55.5 Å². The minimum absolute atomic E-state index is 0.213. The van der Waals surface area contributed by atoms with Gasteiger partial charge >= 0.3 is 0 Å². The largest absolute Gasteiger partial charge is 0.487 e. The maximum Gasteiger partial charge on any atom is 0.134 e. The Kier molecular flexibility index (Phi) is 3.62. The van der Waals surface area contributed by atoms with Gasteiger partial charge in [0.2, 0.25) is 0 Å². The van der Waals surface area contributed by atoms with Gasteiger partial charge in [0.05, 0.1) is 6.10 Å². The van der Waals surface area contributed by atoms with Gasteiger partial charge in [0, 0.05) is 17.7 Å². The summed E-state index contributed by atoms with van der Waals surface area (Å²) in [4.78, 5) is 0. The molecule has 4 nitrogen and oxygen atoms in total. The van der Waals surface area contributed by atoms with E-state index in [0.29, 0.717) is 17.2 Å². The second-order valence-electron chi connectivity index (χ2n) is 4.08. The summed E-state index contributed by atoms with van der Waals surface area (Å²) in [5, 5.41) is 13.1. The van der Waals surface area contributed by atoms with Gasteiger partial charge in [0.25, 0.3) is 0 Å². The van der Waals surface area contributed by atoms with Gasteiger partial charge in [-0.1, -0.05) is 5.16 Å². The monoisotopic (exact) mass is 251 g/mol. The zero-order valence-corrected chi connectivity index (χ0v) is 10.2. The average Bonchev–Trinajstić information content (AvgIpc) is 2.72. The van der Waals surface area contributed by atoms with Crippen molar-refractivity contribution in [3.8, 4) is 5.75 Å². The molecule has 0 aliphatic carbocycles. The van der Waals surface area contributed by atoms with Crippen LogP contribution in [0.4, 0.5) is 4.39 Å². The van der Waals surface area contributed by atoms with Crippen molar-refractivity contribution in [2.24, 2.45) is 0 Å². The Morgan fingerprint density at radius 2 is 2.22 bits per heavy atom. The number of aromatic nitrogens is 1. The number of nitrogens with zero attached hydrogens (tertiary/aromatic N) is 1. The highest BCUT2D eigenvalue weighted by Crippen LogP contribution is 2.22. The smallest absolute Gasteiger partial charge is 0.134 e. The summed E-state index contributed by atoms with van der Waals surface area (Å²) in [6.45, 7) is 3.51. The number of ether oxygens (including phenoxy) is 1. The van der Waals surface area contributed by atoms with E-state index in [9.17, 15) is 9.50 Å². The second-order valence-corrected chi connectivity index (χ2v) is 4.08. The van der Waals surface area contributed by atoms with Gasteiger partial charge in [0.15, 0.2) is 0 Å². The van der Waals surface area contributed by atoms with E-state index in [2.05, 4.69) is 5.16 Å². The fourth-order valence-electron chi connectivity index (χ4n) is 1.58. The Hall–Kier alpha value is -1.88. The van der Waals surface area contributed by atoms with Gasteiger partial charge in [-0.05, 0) is 26.0 Å². The lowest BCUT2D eigenvalue weighted by Gasteiger charge is -2.09. The van der Waals surface area contributed by atoms with Crippen molar-refractivity contribution in [1.29, 1.82) is 0 Å². The molecule has 1 aromatic carbocycles. The van der Waals surface area contributed by atoms with Crippen molar-refractivity contribution < 1.29 is 18.8 Å². The molecule has 0 radical (unpaired) electrons. The summed E-state index contributed by atoms with van der Waals surface area (Å²) in [5.41, 5.74) is 0.896. The molecule has 1 atom stereocenters. The van der Waals surface area contributed by atoms with Crippen molar-refractivity contribution >= 4 is 0 Å². The van der Waals surface area contributed by atoms with E-state index in [1.54, 1.807) is 19.1 Å². The summed E-state index contributed by atoms with van der Waals surface area (Å²) >= 11 is 0. The molecular weight excluding hydrogens is 237 g/mol. The molecule has 0 amide bonds. The molecule has 2 aromatic rings. The summed E-state index contributed by atoms with van der Waals surface area (Å²) in [6.07, 6.45) is -0.836. The number of aryl methyl sites for hydroxylation is 1. The van der Waals surface area contributed by atoms with Crippen molar-refractivity contribution in [2.45, 2.75) is 26.6 Å². The zero-order valence-electron chi connectivity index (χ0n) is 10.2. The lowest BCUT2D eigenvalue weighted by molar-refractivity contribution is 0.193. The number of benzene rings is 1. The van der Waals surface area contributed by atoms with E-state index in [1.165, 1.54) is 19.1 Å². The van der Waals surface area contributed by atoms with Gasteiger partial charge in [-0.3, -0.25) is 0 Å². The van der Waals surface area contributed by atoms with Crippen molar-refractivity contribution in [2.75, 3.05) is 0 Å². The minimum atomic E-state index is -0.836. The van der Waals surface area contributed by atoms with Crippen LogP contribution < -0.4 is 4.74 Å². The third kappa shape index (κ3) is 2.87. The van der Waals surface area contributed by atoms with Gasteiger partial charge in [0.1, 0.15) is 29.6 Å². The van der Waals surface area contributed by atoms with Gasteiger partial charge in [-0.2, -0.15) is 0 Å². The van der Waals surface area contributed by atoms with Crippen LogP contribution in [-0.2, 0) is 6.61 Å². The molecule has 18 heavy (non-hydrogen) atoms. The maximum atomic E-state index is 13.6. The first-order chi connectivity index (χ1) is 8.56. The Morgan fingerprint density at radius 1 is 1.44 bits per heavy atom. The third-order valence-corrected chi connectivity index (χ3v) is 2.49. The number of hydrogen-bond acceptors (Lipinski definition) is 4. The Bertz CT molecular complexity index is 537. The fraction of sp³-hybridized carbons (Fsp3) is 0.308. The first kappa shape index (κ1) is 12.6. The molecule has 0 aliphatic heterocycles. The maximum absolute atomic E-state index is 13.6. The number of aliphatic hydroxyl groups is 1. The first-order valence-corrected chi connectivity index (χ1v) is 5.59. The number of rotatable bonds is 4. The highest BCUT2D eigenvalue weighted by Gasteiger charge is 2.09. The predicted octanol–water partition coefficient (Wildman–Crippen LogP) is 2.75. The average molecular weight is 251 g/mol. The highest BCUT2D eigenvalue weighted by atomic mass is 19.1. The number of halogens is 1. The van der Waals surface area contributed by atoms with Gasteiger partial charge in [-0.25, -0.2) is 4.39 Å². The first-order valence-electron chi connectivity index (χ1n) is 5.59. The Morgan fingerprint density at radius 3 is 2.78 bits per heavy atom. The molecule has 1 unspecified atom stereocenters. The summed E-state index contributed by atoms with van der Waals surface area (Å²) in [5.74, 6) is 0.598. The summed E-state index contributed by atoms with van der Waals surface area (Å²) in [7, 11) is 0. The molecule has 0 fully saturated rings. The second kappa shape index (κ2) is 5.18. The van der Waals surface area contributed by atoms with Crippen LogP contribution in [0.25, 0.3) is 0 Å². The molecule has 1 aromatic heterocycles. The summed E-state index contributed by atoms with van der Waals surface area (Å²) in [6, 6.07) is 6.11. The van der Waals surface area contributed by atoms with Crippen molar-refractivity contribution in [3.05, 3.63) is 47.1 Å². The van der Waals surface area contributed by atoms with Crippen LogP contribution in [0, 0.1) is 12.7 Å². The molecule has 96 valence electrons. The molecule has 5 heteroatoms. The van der Waals surface area contributed by atoms with Crippen LogP contribution in [-0.4, -0.2) is 10.3 Å². The van der Waals surface area contributed by atoms with Crippen LogP contribution in [0.1, 0.15) is 30.0 Å². The van der Waals surface area contributed by atoms with E-state index in [0.717, 1.165) is 0 Å². The Balaban J connectivity index is 2.04. The van der Waals surface area contributed by atoms with Crippen molar-refractivity contribution in [3.63, 3.8) is 0 Å². The molecule has 0 spiro atoms. The van der Waals surface area contributed by atoms with Gasteiger partial charge < -0.3 is 14.4 Å². The van der Waals surface area contributed by atoms with Crippen LogP contribution in [0.5, 0.6) is 5.75 Å². The summed E-state index contributed by atoms with van der Waals surface area (Å²) < 4.78 is 23.8. The highest BCUT2D eigenvalue weighted by molar-refractivity contribution is 5.30. The lowest BCUT2D eigenvalue weighted by Crippen LogP contribution is -1.99. The predicted molar refractivity (Wildman–Crippen MR) is 62.6 cm³/mol. The Labute approximate surface area is 104 Å². The van der Waals surface area contributed by atoms with E-state index in [4.69, 9.17) is 9.26 Å². The fourth-order valence-corrected chi connectivity index (χ4v) is 1.58. The van der Waals surface area contributed by atoms with E-state index < -0.39 is 11.9 Å². The zero-order chi connectivity index (χ0) is 13.1. The molecule has 0 bridgehead atoms. The molecule has 0 aliphatic rings. The molecule has 1 heterocycles. The van der Waals surface area contributed by atoms with E-state index >= 15 is 0 Å². The van der Waals surface area contributed by atoms with Crippen molar-refractivity contribution in [1.82, 2.24) is 5.16 Å². The van der Waals surface area contributed by atoms with Crippen LogP contribution in [0.2, 0.25) is 0 Å². The quantitative estimate of drug-likeness (QED) is 0.907.